The maximum absolute atomic E-state index is 6.22. The summed E-state index contributed by atoms with van der Waals surface area (Å²) in [6.45, 7) is 5.38. The van der Waals surface area contributed by atoms with Crippen LogP contribution in [0.4, 0.5) is 0 Å². The molecule has 4 nitrogen and oxygen atoms in total. The van der Waals surface area contributed by atoms with Crippen LogP contribution in [0.5, 0.6) is 11.5 Å². The molecule has 1 unspecified atom stereocenters. The Morgan fingerprint density at radius 2 is 2.16 bits per heavy atom. The van der Waals surface area contributed by atoms with E-state index in [-0.39, 0.29) is 6.10 Å². The Labute approximate surface area is 114 Å². The first-order valence-electron chi connectivity index (χ1n) is 6.73. The second kappa shape index (κ2) is 5.80. The van der Waals surface area contributed by atoms with Crippen molar-refractivity contribution in [2.45, 2.75) is 38.3 Å². The van der Waals surface area contributed by atoms with Crippen molar-refractivity contribution < 1.29 is 14.2 Å². The van der Waals surface area contributed by atoms with Gasteiger partial charge in [-0.25, -0.2) is 0 Å². The van der Waals surface area contributed by atoms with Crippen LogP contribution in [0.2, 0.25) is 0 Å². The van der Waals surface area contributed by atoms with E-state index in [1.54, 1.807) is 7.11 Å². The lowest BCUT2D eigenvalue weighted by atomic mass is 9.94. The third-order valence-electron chi connectivity index (χ3n) is 3.30. The summed E-state index contributed by atoms with van der Waals surface area (Å²) >= 11 is 0. The summed E-state index contributed by atoms with van der Waals surface area (Å²) in [4.78, 5) is 0. The highest BCUT2D eigenvalue weighted by molar-refractivity contribution is 5.49. The van der Waals surface area contributed by atoms with Gasteiger partial charge in [-0.05, 0) is 32.8 Å². The van der Waals surface area contributed by atoms with Gasteiger partial charge in [0.15, 0.2) is 11.5 Å². The Morgan fingerprint density at radius 1 is 1.37 bits per heavy atom. The normalized spacial score (nSPS) is 20.1. The van der Waals surface area contributed by atoms with Crippen LogP contribution in [-0.4, -0.2) is 26.4 Å². The molecule has 4 heteroatoms. The number of nitrogens with two attached hydrogens (primary N) is 1. The quantitative estimate of drug-likeness (QED) is 0.908. The third kappa shape index (κ3) is 3.39. The summed E-state index contributed by atoms with van der Waals surface area (Å²) in [5.74, 6) is 1.47. The summed E-state index contributed by atoms with van der Waals surface area (Å²) in [5.41, 5.74) is 6.70. The maximum Gasteiger partial charge on any atom is 0.166 e. The number of rotatable bonds is 4. The van der Waals surface area contributed by atoms with E-state index in [4.69, 9.17) is 19.9 Å². The minimum Gasteiger partial charge on any atom is -0.493 e. The Balaban J connectivity index is 2.29. The van der Waals surface area contributed by atoms with Gasteiger partial charge in [0, 0.05) is 17.7 Å². The van der Waals surface area contributed by atoms with E-state index < -0.39 is 5.54 Å². The van der Waals surface area contributed by atoms with Gasteiger partial charge in [-0.1, -0.05) is 12.1 Å². The van der Waals surface area contributed by atoms with Gasteiger partial charge >= 0.3 is 0 Å². The van der Waals surface area contributed by atoms with Crippen molar-refractivity contribution in [2.75, 3.05) is 20.3 Å². The van der Waals surface area contributed by atoms with Crippen LogP contribution in [0.25, 0.3) is 0 Å². The molecule has 0 aliphatic carbocycles. The smallest absolute Gasteiger partial charge is 0.166 e. The lowest BCUT2D eigenvalue weighted by Gasteiger charge is -2.29. The Kier molecular flexibility index (Phi) is 4.32. The molecule has 19 heavy (non-hydrogen) atoms. The van der Waals surface area contributed by atoms with Gasteiger partial charge in [0.2, 0.25) is 0 Å². The van der Waals surface area contributed by atoms with Crippen LogP contribution in [0, 0.1) is 0 Å². The van der Waals surface area contributed by atoms with Crippen LogP contribution in [0.3, 0.4) is 0 Å². The zero-order valence-electron chi connectivity index (χ0n) is 11.9. The van der Waals surface area contributed by atoms with Crippen LogP contribution >= 0.6 is 0 Å². The molecule has 0 amide bonds. The van der Waals surface area contributed by atoms with Gasteiger partial charge in [0.1, 0.15) is 6.10 Å². The fourth-order valence-electron chi connectivity index (χ4n) is 2.28. The molecule has 1 heterocycles. The second-order valence-corrected chi connectivity index (χ2v) is 5.52. The van der Waals surface area contributed by atoms with E-state index in [9.17, 15) is 0 Å². The average Bonchev–Trinajstić information content (AvgIpc) is 2.39. The van der Waals surface area contributed by atoms with E-state index in [0.29, 0.717) is 6.61 Å². The maximum atomic E-state index is 6.22. The minimum absolute atomic E-state index is 0.0751. The summed E-state index contributed by atoms with van der Waals surface area (Å²) < 4.78 is 17.0. The van der Waals surface area contributed by atoms with Gasteiger partial charge in [-0.3, -0.25) is 0 Å². The summed E-state index contributed by atoms with van der Waals surface area (Å²) in [7, 11) is 1.65. The van der Waals surface area contributed by atoms with Crippen molar-refractivity contribution in [1.29, 1.82) is 0 Å². The van der Waals surface area contributed by atoms with Crippen LogP contribution in [0.15, 0.2) is 18.2 Å². The molecular formula is C15H23NO3. The van der Waals surface area contributed by atoms with Crippen molar-refractivity contribution in [3.8, 4) is 11.5 Å². The lowest BCUT2D eigenvalue weighted by Crippen LogP contribution is -2.32. The van der Waals surface area contributed by atoms with Crippen LogP contribution < -0.4 is 15.2 Å². The molecule has 0 saturated carbocycles. The molecule has 0 aromatic heterocycles. The molecule has 2 rings (SSSR count). The third-order valence-corrected chi connectivity index (χ3v) is 3.30. The van der Waals surface area contributed by atoms with Crippen LogP contribution in [0.1, 0.15) is 32.3 Å². The van der Waals surface area contributed by atoms with Crippen LogP contribution in [-0.2, 0) is 10.3 Å². The molecule has 1 aromatic carbocycles. The first kappa shape index (κ1) is 14.2. The first-order valence-corrected chi connectivity index (χ1v) is 6.73. The highest BCUT2D eigenvalue weighted by Gasteiger charge is 2.25. The van der Waals surface area contributed by atoms with Gasteiger partial charge in [0.25, 0.3) is 0 Å². The lowest BCUT2D eigenvalue weighted by molar-refractivity contribution is 0.00565. The molecule has 2 N–H and O–H groups in total. The zero-order valence-corrected chi connectivity index (χ0v) is 11.9. The van der Waals surface area contributed by atoms with E-state index >= 15 is 0 Å². The number of benzene rings is 1. The molecule has 0 spiro atoms. The predicted molar refractivity (Wildman–Crippen MR) is 74.7 cm³/mol. The number of hydrogen-bond donors (Lipinski definition) is 1. The fraction of sp³-hybridized carbons (Fsp3) is 0.600. The molecule has 0 bridgehead atoms. The van der Waals surface area contributed by atoms with Crippen molar-refractivity contribution in [3.05, 3.63) is 23.8 Å². The number of para-hydroxylation sites is 1. The molecule has 1 saturated heterocycles. The van der Waals surface area contributed by atoms with Gasteiger partial charge in [0.05, 0.1) is 13.7 Å². The van der Waals surface area contributed by atoms with E-state index in [0.717, 1.165) is 36.5 Å². The minimum atomic E-state index is -0.473. The van der Waals surface area contributed by atoms with E-state index in [1.165, 1.54) is 0 Å². The molecule has 1 aliphatic heterocycles. The Hall–Kier alpha value is -1.26. The molecule has 1 fully saturated rings. The monoisotopic (exact) mass is 265 g/mol. The number of hydrogen-bond acceptors (Lipinski definition) is 4. The topological polar surface area (TPSA) is 53.7 Å². The van der Waals surface area contributed by atoms with Gasteiger partial charge in [-0.2, -0.15) is 0 Å². The summed E-state index contributed by atoms with van der Waals surface area (Å²) in [6.07, 6.45) is 2.11. The molecule has 0 radical (unpaired) electrons. The first-order chi connectivity index (χ1) is 9.02. The van der Waals surface area contributed by atoms with Gasteiger partial charge < -0.3 is 19.9 Å². The molecular weight excluding hydrogens is 242 g/mol. The highest BCUT2D eigenvalue weighted by atomic mass is 16.5. The van der Waals surface area contributed by atoms with Gasteiger partial charge in [-0.15, -0.1) is 0 Å². The second-order valence-electron chi connectivity index (χ2n) is 5.52. The predicted octanol–water partition coefficient (Wildman–Crippen LogP) is 2.45. The van der Waals surface area contributed by atoms with E-state index in [1.807, 2.05) is 32.0 Å². The molecule has 1 atom stereocenters. The Morgan fingerprint density at radius 3 is 2.74 bits per heavy atom. The zero-order chi connectivity index (χ0) is 13.9. The summed E-state index contributed by atoms with van der Waals surface area (Å²) in [6, 6.07) is 5.82. The molecule has 1 aromatic rings. The highest BCUT2D eigenvalue weighted by Crippen LogP contribution is 2.37. The Bertz CT molecular complexity index is 420. The molecule has 106 valence electrons. The van der Waals surface area contributed by atoms with Crippen molar-refractivity contribution in [1.82, 2.24) is 0 Å². The SMILES string of the molecule is COc1cccc(C(C)(C)N)c1OC1CCCOC1. The number of methoxy groups -OCH3 is 1. The largest absolute Gasteiger partial charge is 0.493 e. The van der Waals surface area contributed by atoms with E-state index in [2.05, 4.69) is 0 Å². The molecule has 1 aliphatic rings. The summed E-state index contributed by atoms with van der Waals surface area (Å²) in [5, 5.41) is 0. The number of ether oxygens (including phenoxy) is 3. The van der Waals surface area contributed by atoms with Crippen molar-refractivity contribution in [3.63, 3.8) is 0 Å². The standard InChI is InChI=1S/C15H23NO3/c1-15(2,16)12-7-4-8-13(17-3)14(12)19-11-6-5-9-18-10-11/h4,7-8,11H,5-6,9-10,16H2,1-3H3. The van der Waals surface area contributed by atoms with Crippen molar-refractivity contribution in [2.24, 2.45) is 5.73 Å². The average molecular weight is 265 g/mol. The fourth-order valence-corrected chi connectivity index (χ4v) is 2.28. The van der Waals surface area contributed by atoms with Crippen molar-refractivity contribution >= 4 is 0 Å².